The molecule has 0 bridgehead atoms. The van der Waals surface area contributed by atoms with E-state index in [9.17, 15) is 19.5 Å². The third-order valence-electron chi connectivity index (χ3n) is 8.68. The lowest BCUT2D eigenvalue weighted by Crippen LogP contribution is -2.68. The summed E-state index contributed by atoms with van der Waals surface area (Å²) in [5.74, 6) is -2.39. The van der Waals surface area contributed by atoms with Crippen molar-refractivity contribution in [3.05, 3.63) is 36.0 Å². The molecule has 1 saturated carbocycles. The lowest BCUT2D eigenvalue weighted by molar-refractivity contribution is -0.276. The minimum atomic E-state index is -1.32. The molecule has 1 aliphatic heterocycles. The molecule has 9 nitrogen and oxygen atoms in total. The molecule has 0 amide bonds. The number of ether oxygens (including phenoxy) is 5. The first kappa shape index (κ1) is 30.1. The molecule has 1 saturated heterocycles. The number of hydrogen-bond acceptors (Lipinski definition) is 9. The van der Waals surface area contributed by atoms with Gasteiger partial charge in [0, 0.05) is 33.0 Å². The van der Waals surface area contributed by atoms with Gasteiger partial charge in [0.2, 0.25) is 12.6 Å². The van der Waals surface area contributed by atoms with Crippen molar-refractivity contribution in [3.63, 3.8) is 0 Å². The summed E-state index contributed by atoms with van der Waals surface area (Å²) < 4.78 is 29.3. The van der Waals surface area contributed by atoms with Crippen molar-refractivity contribution in [1.29, 1.82) is 0 Å². The predicted molar refractivity (Wildman–Crippen MR) is 138 cm³/mol. The molecule has 0 aromatic carbocycles. The van der Waals surface area contributed by atoms with Gasteiger partial charge in [-0.2, -0.15) is 0 Å². The highest BCUT2D eigenvalue weighted by Crippen LogP contribution is 2.67. The van der Waals surface area contributed by atoms with Crippen molar-refractivity contribution in [2.45, 2.75) is 98.1 Å². The van der Waals surface area contributed by atoms with Crippen molar-refractivity contribution < 1.29 is 43.2 Å². The van der Waals surface area contributed by atoms with Crippen LogP contribution in [0.1, 0.15) is 67.2 Å². The molecule has 2 fully saturated rings. The third-order valence-corrected chi connectivity index (χ3v) is 8.68. The summed E-state index contributed by atoms with van der Waals surface area (Å²) in [7, 11) is 1.59. The molecule has 0 aromatic heterocycles. The van der Waals surface area contributed by atoms with Gasteiger partial charge in [-0.3, -0.25) is 19.1 Å². The maximum Gasteiger partial charge on any atom is 0.308 e. The number of rotatable bonds is 9. The molecule has 3 aliphatic rings. The number of allylic oxidation sites excluding steroid dienone is 3. The molecule has 1 spiro atoms. The molecule has 212 valence electrons. The molecular weight excluding hydrogens is 492 g/mol. The highest BCUT2D eigenvalue weighted by Gasteiger charge is 2.74. The molecule has 1 N–H and O–H groups in total. The third kappa shape index (κ3) is 5.20. The van der Waals surface area contributed by atoms with Gasteiger partial charge >= 0.3 is 17.9 Å². The summed E-state index contributed by atoms with van der Waals surface area (Å²) in [6.45, 7) is 14.2. The standard InChI is InChI=1S/C29H42O9/c1-9-11-23(32)37-26-21-14-20(34-8)15-22-28(7,13-12-16(3)10-2)17(4)24(33)25(35-18(5)30)29(21,22)27(38-26)36-19(6)31/h10,12,14,17,20,22,24-27,33H,2,9,11,13,15H2,1,3-8H3/b16-12-/t17-,20+,22+,24-,25+,26+,27-,28-,29-/m1/s1. The van der Waals surface area contributed by atoms with Crippen molar-refractivity contribution >= 4 is 17.9 Å². The number of carbonyl (C=O) groups excluding carboxylic acids is 3. The van der Waals surface area contributed by atoms with Crippen molar-refractivity contribution in [2.75, 3.05) is 7.11 Å². The predicted octanol–water partition coefficient (Wildman–Crippen LogP) is 3.99. The molecular formula is C29H42O9. The van der Waals surface area contributed by atoms with Crippen LogP contribution in [0.5, 0.6) is 0 Å². The van der Waals surface area contributed by atoms with E-state index in [-0.39, 0.29) is 24.4 Å². The highest BCUT2D eigenvalue weighted by molar-refractivity contribution is 5.70. The second kappa shape index (κ2) is 11.7. The first-order chi connectivity index (χ1) is 17.9. The first-order valence-corrected chi connectivity index (χ1v) is 13.3. The van der Waals surface area contributed by atoms with Gasteiger partial charge in [-0.25, -0.2) is 0 Å². The molecule has 9 atom stereocenters. The average Bonchev–Trinajstić information content (AvgIpc) is 3.15. The van der Waals surface area contributed by atoms with Gasteiger partial charge in [0.25, 0.3) is 0 Å². The van der Waals surface area contributed by atoms with Crippen LogP contribution in [-0.4, -0.2) is 61.0 Å². The largest absolute Gasteiger partial charge is 0.459 e. The Morgan fingerprint density at radius 1 is 1.18 bits per heavy atom. The Morgan fingerprint density at radius 3 is 2.39 bits per heavy atom. The maximum absolute atomic E-state index is 12.6. The van der Waals surface area contributed by atoms with Crippen molar-refractivity contribution in [1.82, 2.24) is 0 Å². The lowest BCUT2D eigenvalue weighted by atomic mass is 9.44. The summed E-state index contributed by atoms with van der Waals surface area (Å²) in [6, 6.07) is 0. The van der Waals surface area contributed by atoms with E-state index in [0.717, 1.165) is 5.57 Å². The topological polar surface area (TPSA) is 118 Å². The molecule has 1 heterocycles. The SMILES string of the molecule is C=C/C(C)=C\C[C@]1(C)[C@H](C)[C@@H](O)[C@H](OC(C)=O)[C@@]23C(=C[C@H](OC)C[C@@H]12)[C@@H](OC(=O)CCC)O[C@H]3OC(C)=O. The van der Waals surface area contributed by atoms with Gasteiger partial charge < -0.3 is 24.1 Å². The van der Waals surface area contributed by atoms with Crippen LogP contribution in [0.4, 0.5) is 0 Å². The smallest absolute Gasteiger partial charge is 0.308 e. The summed E-state index contributed by atoms with van der Waals surface area (Å²) >= 11 is 0. The van der Waals surface area contributed by atoms with Crippen LogP contribution in [0.3, 0.4) is 0 Å². The Kier molecular flexibility index (Phi) is 9.27. The van der Waals surface area contributed by atoms with E-state index >= 15 is 0 Å². The van der Waals surface area contributed by atoms with Crippen LogP contribution < -0.4 is 0 Å². The molecule has 2 aliphatic carbocycles. The zero-order chi connectivity index (χ0) is 28.4. The summed E-state index contributed by atoms with van der Waals surface area (Å²) in [5, 5.41) is 11.8. The summed E-state index contributed by atoms with van der Waals surface area (Å²) in [6.07, 6.45) is 2.29. The quantitative estimate of drug-likeness (QED) is 0.203. The second-order valence-electron chi connectivity index (χ2n) is 10.9. The van der Waals surface area contributed by atoms with Gasteiger partial charge in [0.1, 0.15) is 11.5 Å². The van der Waals surface area contributed by atoms with Gasteiger partial charge in [-0.05, 0) is 49.5 Å². The van der Waals surface area contributed by atoms with Gasteiger partial charge in [-0.1, -0.05) is 45.1 Å². The lowest BCUT2D eigenvalue weighted by Gasteiger charge is -2.62. The van der Waals surface area contributed by atoms with E-state index in [0.29, 0.717) is 24.8 Å². The first-order valence-electron chi connectivity index (χ1n) is 13.3. The molecule has 3 rings (SSSR count). The van der Waals surface area contributed by atoms with Gasteiger partial charge in [0.15, 0.2) is 0 Å². The Bertz CT molecular complexity index is 1000. The van der Waals surface area contributed by atoms with Crippen LogP contribution in [0.25, 0.3) is 0 Å². The van der Waals surface area contributed by atoms with E-state index in [1.165, 1.54) is 13.8 Å². The zero-order valence-corrected chi connectivity index (χ0v) is 23.5. The van der Waals surface area contributed by atoms with Crippen LogP contribution >= 0.6 is 0 Å². The summed E-state index contributed by atoms with van der Waals surface area (Å²) in [5.41, 5.74) is -0.463. The second-order valence-corrected chi connectivity index (χ2v) is 10.9. The normalized spacial score (nSPS) is 38.4. The molecule has 9 heteroatoms. The Labute approximate surface area is 225 Å². The molecule has 0 aromatic rings. The number of esters is 3. The van der Waals surface area contributed by atoms with E-state index in [1.807, 2.05) is 20.8 Å². The fourth-order valence-corrected chi connectivity index (χ4v) is 6.54. The van der Waals surface area contributed by atoms with E-state index in [4.69, 9.17) is 23.7 Å². The summed E-state index contributed by atoms with van der Waals surface area (Å²) in [4.78, 5) is 37.3. The number of hydrogen-bond donors (Lipinski definition) is 1. The van der Waals surface area contributed by atoms with Crippen molar-refractivity contribution in [3.8, 4) is 0 Å². The Morgan fingerprint density at radius 2 is 1.84 bits per heavy atom. The fraction of sp³-hybridized carbons (Fsp3) is 0.690. The van der Waals surface area contributed by atoms with Crippen LogP contribution in [0.15, 0.2) is 36.0 Å². The minimum Gasteiger partial charge on any atom is -0.459 e. The van der Waals surface area contributed by atoms with E-state index < -0.39 is 53.5 Å². The van der Waals surface area contributed by atoms with Gasteiger partial charge in [0.05, 0.1) is 12.2 Å². The average molecular weight is 535 g/mol. The zero-order valence-electron chi connectivity index (χ0n) is 23.5. The van der Waals surface area contributed by atoms with Crippen molar-refractivity contribution in [2.24, 2.45) is 22.7 Å². The Balaban J connectivity index is 2.31. The van der Waals surface area contributed by atoms with E-state index in [2.05, 4.69) is 19.6 Å². The highest BCUT2D eigenvalue weighted by atomic mass is 16.8. The van der Waals surface area contributed by atoms with E-state index in [1.54, 1.807) is 19.3 Å². The Hall–Kier alpha value is -2.49. The number of carbonyl (C=O) groups is 3. The number of aliphatic hydroxyl groups excluding tert-OH is 1. The van der Waals surface area contributed by atoms with Crippen LogP contribution in [-0.2, 0) is 38.1 Å². The molecule has 0 unspecified atom stereocenters. The fourth-order valence-electron chi connectivity index (χ4n) is 6.54. The van der Waals surface area contributed by atoms with Crippen LogP contribution in [0, 0.1) is 22.7 Å². The van der Waals surface area contributed by atoms with Gasteiger partial charge in [-0.15, -0.1) is 0 Å². The number of aliphatic hydroxyl groups is 1. The minimum absolute atomic E-state index is 0.173. The number of methoxy groups -OCH3 is 1. The maximum atomic E-state index is 12.6. The van der Waals surface area contributed by atoms with Crippen LogP contribution in [0.2, 0.25) is 0 Å². The molecule has 0 radical (unpaired) electrons. The monoisotopic (exact) mass is 534 g/mol. The molecule has 38 heavy (non-hydrogen) atoms.